The maximum absolute atomic E-state index is 14.0. The second kappa shape index (κ2) is 41.9. The number of fused-ring (bicyclic) bond motifs is 5. The van der Waals surface area contributed by atoms with Gasteiger partial charge in [-0.2, -0.15) is 25.5 Å². The molecule has 1 aliphatic heterocycles. The molecule has 1 fully saturated rings. The number of aliphatic hydroxyl groups is 3. The summed E-state index contributed by atoms with van der Waals surface area (Å²) >= 11 is 33.9. The van der Waals surface area contributed by atoms with Gasteiger partial charge in [-0.1, -0.05) is 332 Å². The van der Waals surface area contributed by atoms with Crippen LogP contribution in [-0.4, -0.2) is 162 Å². The number of rotatable bonds is 20. The van der Waals surface area contributed by atoms with Gasteiger partial charge in [0.1, 0.15) is 68.8 Å². The molecule has 10 aromatic carbocycles. The van der Waals surface area contributed by atoms with Gasteiger partial charge in [0.2, 0.25) is 0 Å². The van der Waals surface area contributed by atoms with Crippen LogP contribution in [0.4, 0.5) is 4.39 Å². The molecule has 21 rings (SSSR count). The monoisotopic (exact) mass is 1850 g/mol. The molecule has 1 unspecified atom stereocenters. The van der Waals surface area contributed by atoms with Crippen molar-refractivity contribution in [2.75, 3.05) is 46.8 Å². The molecule has 662 valence electrons. The molecular weight excluding hydrogens is 1770 g/mol. The molecule has 20 aromatic rings. The third kappa shape index (κ3) is 19.2. The number of halogens is 6. The van der Waals surface area contributed by atoms with E-state index in [2.05, 4.69) is 67.3 Å². The predicted molar refractivity (Wildman–Crippen MR) is 520 cm³/mol. The van der Waals surface area contributed by atoms with Crippen LogP contribution in [0.1, 0.15) is 37.6 Å². The van der Waals surface area contributed by atoms with Crippen LogP contribution in [-0.2, 0) is 29.1 Å². The third-order valence-electron chi connectivity index (χ3n) is 21.7. The largest absolute Gasteiger partial charge is 0.394 e. The molecule has 0 aliphatic carbocycles. The van der Waals surface area contributed by atoms with E-state index in [-0.39, 0.29) is 51.7 Å². The molecule has 31 heteroatoms. The number of methoxy groups -OCH3 is 1. The Labute approximate surface area is 783 Å². The van der Waals surface area contributed by atoms with E-state index in [0.29, 0.717) is 131 Å². The highest BCUT2D eigenvalue weighted by Crippen LogP contribution is 2.45. The first-order chi connectivity index (χ1) is 64.1. The lowest BCUT2D eigenvalue weighted by molar-refractivity contribution is -0.0268. The van der Waals surface area contributed by atoms with Crippen LogP contribution in [0.15, 0.2) is 285 Å². The van der Waals surface area contributed by atoms with E-state index in [1.54, 1.807) is 25.8 Å². The lowest BCUT2D eigenvalue weighted by Gasteiger charge is -2.26. The van der Waals surface area contributed by atoms with Crippen LogP contribution in [0.3, 0.4) is 0 Å². The van der Waals surface area contributed by atoms with Gasteiger partial charge < -0.3 is 24.8 Å². The first kappa shape index (κ1) is 91.4. The van der Waals surface area contributed by atoms with Crippen molar-refractivity contribution in [3.05, 3.63) is 327 Å². The zero-order chi connectivity index (χ0) is 90.6. The second-order valence-electron chi connectivity index (χ2n) is 30.6. The highest BCUT2D eigenvalue weighted by atomic mass is 35.5. The van der Waals surface area contributed by atoms with E-state index in [1.165, 1.54) is 12.1 Å². The fourth-order valence-electron chi connectivity index (χ4n) is 15.2. The molecule has 25 nitrogen and oxygen atoms in total. The molecule has 0 radical (unpaired) electrons. The number of aryl methyl sites for hydroxylation is 2. The van der Waals surface area contributed by atoms with Crippen LogP contribution in [0, 0.1) is 19.7 Å². The van der Waals surface area contributed by atoms with Gasteiger partial charge in [-0.25, -0.2) is 27.8 Å². The number of nitrogens with zero attached hydrogens (tertiary/aromatic N) is 20. The Hall–Kier alpha value is -13.9. The number of benzene rings is 10. The summed E-state index contributed by atoms with van der Waals surface area (Å²) in [5.41, 5.74) is 20.5. The topological polar surface area (TPSA) is 297 Å². The van der Waals surface area contributed by atoms with Crippen molar-refractivity contribution in [1.82, 2.24) is 99.9 Å². The van der Waals surface area contributed by atoms with E-state index in [1.807, 2.05) is 292 Å². The van der Waals surface area contributed by atoms with Crippen molar-refractivity contribution >= 4 is 113 Å². The molecule has 0 bridgehead atoms. The molecule has 0 amide bonds. The van der Waals surface area contributed by atoms with E-state index < -0.39 is 0 Å². The van der Waals surface area contributed by atoms with Gasteiger partial charge in [-0.3, -0.25) is 0 Å². The molecule has 10 aromatic heterocycles. The van der Waals surface area contributed by atoms with Crippen LogP contribution >= 0.6 is 58.0 Å². The predicted octanol–water partition coefficient (Wildman–Crippen LogP) is 22.2. The number of aromatic nitrogens is 20. The van der Waals surface area contributed by atoms with Gasteiger partial charge in [-0.15, -0.1) is 51.0 Å². The first-order valence-electron chi connectivity index (χ1n) is 41.9. The zero-order valence-corrected chi connectivity index (χ0v) is 74.8. The standard InChI is InChI=1S/C20H16ClFN4O.C20H15ClN4O.3C20H17ClN4O.CH4/c1-12-9-14(11-15(22)10-12)18-16-17(21)19(13-5-3-2-4-6-13)23-24-20(16)26(25-18)7-8-27;21-17-16-18(13-7-3-1-4-8-13)24-25(15-11-26-12-15)20(16)23-22-19(17)14-9-5-2-6-10-14;1-26-13-12-25-20-16(18(24-25)14-8-4-2-5-9-14)17(21)19(22-23-20)15-10-6-3-7-11-15;1-13(12-26)25-20-16(18(24-25)14-8-4-2-5-9-14)17(21)19(22-23-20)15-10-6-3-7-11-15;1-13-6-5-9-15(12-13)18-16-17(21)19(14-7-3-2-4-8-14)22-23-20(16)25(24-18)10-11-26;/h2-6,9-11,27H,7-8H2,1H3;1-10,15H,11-12H2;2-11H,12-13H2,1H3;2-11,13,26H,12H2,1H3;2-9,12,26H,10-11H2,1H3;1H4. The van der Waals surface area contributed by atoms with Crippen LogP contribution in [0.5, 0.6) is 0 Å². The van der Waals surface area contributed by atoms with E-state index in [9.17, 15) is 19.7 Å². The summed E-state index contributed by atoms with van der Waals surface area (Å²) in [5.74, 6) is -0.351. The molecule has 132 heavy (non-hydrogen) atoms. The van der Waals surface area contributed by atoms with Crippen LogP contribution < -0.4 is 0 Å². The highest BCUT2D eigenvalue weighted by Gasteiger charge is 2.31. The highest BCUT2D eigenvalue weighted by molar-refractivity contribution is 6.41. The quantitative estimate of drug-likeness (QED) is 0.0638. The molecule has 1 atom stereocenters. The van der Waals surface area contributed by atoms with Crippen molar-refractivity contribution < 1.29 is 29.2 Å². The number of ether oxygens (including phenoxy) is 2. The average molecular weight is 1860 g/mol. The summed E-state index contributed by atoms with van der Waals surface area (Å²) < 4.78 is 33.1. The maximum Gasteiger partial charge on any atom is 0.183 e. The Balaban J connectivity index is 0.000000120. The van der Waals surface area contributed by atoms with E-state index >= 15 is 0 Å². The lowest BCUT2D eigenvalue weighted by atomic mass is 10.0. The molecule has 0 saturated carbocycles. The fraction of sp³-hybridized carbons (Fsp3) is 0.158. The summed E-state index contributed by atoms with van der Waals surface area (Å²) in [6.45, 7) is 8.46. The Morgan fingerprint density at radius 3 is 0.970 bits per heavy atom. The van der Waals surface area contributed by atoms with Crippen molar-refractivity contribution in [3.63, 3.8) is 0 Å². The molecule has 1 saturated heterocycles. The van der Waals surface area contributed by atoms with Gasteiger partial charge in [-0.05, 0) is 50.6 Å². The summed E-state index contributed by atoms with van der Waals surface area (Å²) in [6, 6.07) is 91.1. The molecule has 1 aliphatic rings. The average Bonchev–Trinajstić information content (AvgIpc) is 1.62. The Kier molecular flexibility index (Phi) is 29.0. The van der Waals surface area contributed by atoms with Gasteiger partial charge in [0.05, 0.1) is 117 Å². The SMILES string of the molecule is C.CC(CO)n1nc(-c2ccccc2)c2c(Cl)c(-c3ccccc3)nnc21.COCCn1nc(-c2ccccc2)c2c(Cl)c(-c3ccccc3)nnc21.Cc1cc(F)cc(-c2nn(CCO)c3nnc(-c4ccccc4)c(Cl)c23)c1.Cc1cccc(-c2nn(CCO)c3nnc(-c4ccccc4)c(Cl)c23)c1.Clc1c(-c2ccccc2)nnc2c1c(-c1ccccc1)nn2C1COC1. The first-order valence-corrected chi connectivity index (χ1v) is 43.8. The third-order valence-corrected chi connectivity index (χ3v) is 23.5. The van der Waals surface area contributed by atoms with Crippen molar-refractivity contribution in [3.8, 4) is 113 Å². The smallest absolute Gasteiger partial charge is 0.183 e. The maximum atomic E-state index is 14.0. The zero-order valence-electron chi connectivity index (χ0n) is 71.0. The minimum absolute atomic E-state index is 0. The number of aliphatic hydroxyl groups excluding tert-OH is 3. The van der Waals surface area contributed by atoms with Crippen molar-refractivity contribution in [1.29, 1.82) is 0 Å². The minimum atomic E-state index is -0.351. The normalized spacial score (nSPS) is 12.0. The molecule has 0 spiro atoms. The Bertz CT molecular complexity index is 7200. The summed E-state index contributed by atoms with van der Waals surface area (Å²) in [5, 5.41) is 102. The minimum Gasteiger partial charge on any atom is -0.394 e. The summed E-state index contributed by atoms with van der Waals surface area (Å²) in [7, 11) is 1.66. The van der Waals surface area contributed by atoms with Gasteiger partial charge in [0, 0.05) is 62.7 Å². The molecule has 11 heterocycles. The summed E-state index contributed by atoms with van der Waals surface area (Å²) in [6.07, 6.45) is 0. The van der Waals surface area contributed by atoms with Crippen LogP contribution in [0.25, 0.3) is 168 Å². The van der Waals surface area contributed by atoms with Crippen LogP contribution in [0.2, 0.25) is 25.1 Å². The van der Waals surface area contributed by atoms with E-state index in [4.69, 9.17) is 82.8 Å². The van der Waals surface area contributed by atoms with Gasteiger partial charge in [0.15, 0.2) is 28.2 Å². The van der Waals surface area contributed by atoms with Gasteiger partial charge in [0.25, 0.3) is 0 Å². The Morgan fingerprint density at radius 1 is 0.341 bits per heavy atom. The number of hydrogen-bond donors (Lipinski definition) is 3. The Morgan fingerprint density at radius 2 is 0.636 bits per heavy atom. The van der Waals surface area contributed by atoms with E-state index in [0.717, 1.165) is 106 Å². The number of hydrogen-bond acceptors (Lipinski definition) is 20. The molecular formula is C101H86Cl5FN20O5. The van der Waals surface area contributed by atoms with Crippen molar-refractivity contribution in [2.24, 2.45) is 0 Å². The molecule has 3 N–H and O–H groups in total. The lowest BCUT2D eigenvalue weighted by Crippen LogP contribution is -2.31. The van der Waals surface area contributed by atoms with Gasteiger partial charge >= 0.3 is 0 Å². The van der Waals surface area contributed by atoms with Crippen molar-refractivity contribution in [2.45, 2.75) is 59.9 Å². The summed E-state index contributed by atoms with van der Waals surface area (Å²) in [4.78, 5) is 0. The second-order valence-corrected chi connectivity index (χ2v) is 32.5. The fourth-order valence-corrected chi connectivity index (χ4v) is 16.8.